The molecule has 0 radical (unpaired) electrons. The van der Waals surface area contributed by atoms with Gasteiger partial charge in [-0.05, 0) is 13.8 Å². The molecule has 0 rings (SSSR count). The Hall–Kier alpha value is -0.750. The molecule has 0 saturated carbocycles. The van der Waals surface area contributed by atoms with Gasteiger partial charge in [-0.1, -0.05) is 0 Å². The van der Waals surface area contributed by atoms with Gasteiger partial charge < -0.3 is 15.9 Å². The zero-order chi connectivity index (χ0) is 10.6. The molecule has 0 aliphatic rings. The van der Waals surface area contributed by atoms with Gasteiger partial charge in [0.15, 0.2) is 0 Å². The molecule has 0 aliphatic carbocycles. The number of carbonyl (C=O) groups is 2. The summed E-state index contributed by atoms with van der Waals surface area (Å²) in [7, 11) is 0. The first-order chi connectivity index (χ1) is 5.77. The fourth-order valence-corrected chi connectivity index (χ4v) is 1.41. The van der Waals surface area contributed by atoms with E-state index in [0.717, 1.165) is 11.8 Å². The van der Waals surface area contributed by atoms with Gasteiger partial charge in [-0.15, -0.1) is 11.8 Å². The molecule has 0 amide bonds. The average molecular weight is 207 g/mol. The predicted molar refractivity (Wildman–Crippen MR) is 49.8 cm³/mol. The van der Waals surface area contributed by atoms with Crippen LogP contribution in [0.3, 0.4) is 0 Å². The van der Waals surface area contributed by atoms with Crippen LogP contribution in [0.4, 0.5) is 0 Å². The van der Waals surface area contributed by atoms with Crippen molar-refractivity contribution >= 4 is 23.7 Å². The van der Waals surface area contributed by atoms with Crippen molar-refractivity contribution in [3.8, 4) is 0 Å². The highest BCUT2D eigenvalue weighted by Crippen LogP contribution is 2.26. The zero-order valence-electron chi connectivity index (χ0n) is 7.48. The van der Waals surface area contributed by atoms with Gasteiger partial charge >= 0.3 is 11.9 Å². The van der Waals surface area contributed by atoms with Crippen molar-refractivity contribution < 1.29 is 19.8 Å². The monoisotopic (exact) mass is 207 g/mol. The molecule has 1 atom stereocenters. The van der Waals surface area contributed by atoms with Crippen LogP contribution in [0.2, 0.25) is 0 Å². The smallest absolute Gasteiger partial charge is 0.321 e. The molecule has 6 heteroatoms. The van der Waals surface area contributed by atoms with Crippen molar-refractivity contribution in [2.75, 3.05) is 5.75 Å². The molecule has 5 nitrogen and oxygen atoms in total. The van der Waals surface area contributed by atoms with Crippen LogP contribution < -0.4 is 5.73 Å². The van der Waals surface area contributed by atoms with Gasteiger partial charge in [0.2, 0.25) is 0 Å². The first-order valence-corrected chi connectivity index (χ1v) is 4.60. The van der Waals surface area contributed by atoms with Gasteiger partial charge in [0.1, 0.15) is 6.04 Å². The van der Waals surface area contributed by atoms with Gasteiger partial charge in [-0.25, -0.2) is 0 Å². The SMILES string of the molecule is CC(C)(SCC(=O)O)[C@@H](N)C(=O)O. The third-order valence-electron chi connectivity index (χ3n) is 1.58. The molecule has 4 N–H and O–H groups in total. The van der Waals surface area contributed by atoms with E-state index in [4.69, 9.17) is 15.9 Å². The summed E-state index contributed by atoms with van der Waals surface area (Å²) in [6.45, 7) is 3.22. The van der Waals surface area contributed by atoms with Gasteiger partial charge in [-0.2, -0.15) is 0 Å². The molecule has 0 aromatic heterocycles. The summed E-state index contributed by atoms with van der Waals surface area (Å²) in [6, 6.07) is -1.06. The lowest BCUT2D eigenvalue weighted by atomic mass is 10.1. The highest BCUT2D eigenvalue weighted by Gasteiger charge is 2.32. The molecule has 0 unspecified atom stereocenters. The van der Waals surface area contributed by atoms with E-state index in [-0.39, 0.29) is 5.75 Å². The fraction of sp³-hybridized carbons (Fsp3) is 0.714. The van der Waals surface area contributed by atoms with Crippen molar-refractivity contribution in [2.45, 2.75) is 24.6 Å². The van der Waals surface area contributed by atoms with Crippen LogP contribution in [0, 0.1) is 0 Å². The van der Waals surface area contributed by atoms with E-state index < -0.39 is 22.7 Å². The van der Waals surface area contributed by atoms with Crippen LogP contribution in [0.1, 0.15) is 13.8 Å². The molecule has 0 spiro atoms. The maximum atomic E-state index is 10.5. The largest absolute Gasteiger partial charge is 0.481 e. The van der Waals surface area contributed by atoms with Crippen molar-refractivity contribution in [2.24, 2.45) is 5.73 Å². The second-order valence-corrected chi connectivity index (χ2v) is 4.73. The minimum Gasteiger partial charge on any atom is -0.481 e. The molecular formula is C7H13NO4S. The first kappa shape index (κ1) is 12.2. The zero-order valence-corrected chi connectivity index (χ0v) is 8.30. The van der Waals surface area contributed by atoms with E-state index >= 15 is 0 Å². The maximum absolute atomic E-state index is 10.5. The van der Waals surface area contributed by atoms with E-state index in [0.29, 0.717) is 0 Å². The van der Waals surface area contributed by atoms with Crippen LogP contribution >= 0.6 is 11.8 Å². The number of hydrogen-bond donors (Lipinski definition) is 3. The van der Waals surface area contributed by atoms with E-state index in [1.807, 2.05) is 0 Å². The number of carboxylic acids is 2. The highest BCUT2D eigenvalue weighted by molar-refractivity contribution is 8.01. The Balaban J connectivity index is 4.21. The van der Waals surface area contributed by atoms with Crippen LogP contribution in [0.15, 0.2) is 0 Å². The molecule has 0 aromatic carbocycles. The van der Waals surface area contributed by atoms with E-state index in [1.54, 1.807) is 13.8 Å². The topological polar surface area (TPSA) is 101 Å². The number of thioether (sulfide) groups is 1. The summed E-state index contributed by atoms with van der Waals surface area (Å²) in [5, 5.41) is 17.0. The molecular weight excluding hydrogens is 194 g/mol. The summed E-state index contributed by atoms with van der Waals surface area (Å²) in [5.74, 6) is -2.24. The number of carboxylic acid groups (broad SMARTS) is 2. The maximum Gasteiger partial charge on any atom is 0.321 e. The van der Waals surface area contributed by atoms with Gasteiger partial charge in [0.05, 0.1) is 5.75 Å². The average Bonchev–Trinajstić information content (AvgIpc) is 1.99. The number of rotatable bonds is 5. The molecule has 0 heterocycles. The minimum atomic E-state index is -1.12. The summed E-state index contributed by atoms with van der Waals surface area (Å²) >= 11 is 1.02. The summed E-state index contributed by atoms with van der Waals surface area (Å²) in [5.41, 5.74) is 5.37. The Labute approximate surface area is 80.3 Å². The Morgan fingerprint density at radius 1 is 1.46 bits per heavy atom. The Morgan fingerprint density at radius 3 is 2.23 bits per heavy atom. The van der Waals surface area contributed by atoms with Gasteiger partial charge in [0.25, 0.3) is 0 Å². The number of nitrogens with two attached hydrogens (primary N) is 1. The molecule has 0 aliphatic heterocycles. The van der Waals surface area contributed by atoms with Crippen LogP contribution in [0.25, 0.3) is 0 Å². The summed E-state index contributed by atoms with van der Waals surface area (Å²) in [6.07, 6.45) is 0. The lowest BCUT2D eigenvalue weighted by molar-refractivity contribution is -0.139. The van der Waals surface area contributed by atoms with Crippen molar-refractivity contribution in [3.63, 3.8) is 0 Å². The summed E-state index contributed by atoms with van der Waals surface area (Å²) in [4.78, 5) is 20.7. The standard InChI is InChI=1S/C7H13NO4S/c1-7(2,5(8)6(11)12)13-3-4(9)10/h5H,3,8H2,1-2H3,(H,9,10)(H,11,12)/t5-/m0/s1. The predicted octanol–water partition coefficient (Wildman–Crippen LogP) is -0.00530. The van der Waals surface area contributed by atoms with Gasteiger partial charge in [0, 0.05) is 4.75 Å². The molecule has 13 heavy (non-hydrogen) atoms. The Bertz CT molecular complexity index is 217. The van der Waals surface area contributed by atoms with Crippen LogP contribution in [0.5, 0.6) is 0 Å². The molecule has 76 valence electrons. The summed E-state index contributed by atoms with van der Waals surface area (Å²) < 4.78 is -0.774. The van der Waals surface area contributed by atoms with E-state index in [9.17, 15) is 9.59 Å². The highest BCUT2D eigenvalue weighted by atomic mass is 32.2. The van der Waals surface area contributed by atoms with E-state index in [1.165, 1.54) is 0 Å². The molecule has 0 fully saturated rings. The van der Waals surface area contributed by atoms with Crippen LogP contribution in [-0.2, 0) is 9.59 Å². The lowest BCUT2D eigenvalue weighted by Gasteiger charge is -2.27. The number of aliphatic carboxylic acids is 2. The molecule has 0 bridgehead atoms. The normalized spacial score (nSPS) is 13.8. The first-order valence-electron chi connectivity index (χ1n) is 3.61. The van der Waals surface area contributed by atoms with Crippen molar-refractivity contribution in [1.29, 1.82) is 0 Å². The lowest BCUT2D eigenvalue weighted by Crippen LogP contribution is -2.47. The van der Waals surface area contributed by atoms with E-state index in [2.05, 4.69) is 0 Å². The van der Waals surface area contributed by atoms with Gasteiger partial charge in [-0.3, -0.25) is 9.59 Å². The number of hydrogen-bond acceptors (Lipinski definition) is 4. The second kappa shape index (κ2) is 4.48. The Kier molecular flexibility index (Phi) is 4.22. The molecule has 0 aromatic rings. The fourth-order valence-electron chi connectivity index (χ4n) is 0.635. The van der Waals surface area contributed by atoms with Crippen molar-refractivity contribution in [1.82, 2.24) is 0 Å². The molecule has 0 saturated heterocycles. The second-order valence-electron chi connectivity index (χ2n) is 3.10. The van der Waals surface area contributed by atoms with Crippen molar-refractivity contribution in [3.05, 3.63) is 0 Å². The third-order valence-corrected chi connectivity index (χ3v) is 2.97. The minimum absolute atomic E-state index is 0.145. The Morgan fingerprint density at radius 2 is 1.92 bits per heavy atom. The third kappa shape index (κ3) is 4.14. The quantitative estimate of drug-likeness (QED) is 0.586. The van der Waals surface area contributed by atoms with Crippen LogP contribution in [-0.4, -0.2) is 38.7 Å².